The number of aromatic amines is 1. The average molecular weight is 566 g/mol. The van der Waals surface area contributed by atoms with Crippen molar-refractivity contribution in [3.05, 3.63) is 68.6 Å². The first-order chi connectivity index (χ1) is 18.9. The van der Waals surface area contributed by atoms with Gasteiger partial charge in [0.15, 0.2) is 6.61 Å². The van der Waals surface area contributed by atoms with E-state index in [4.69, 9.17) is 9.47 Å². The van der Waals surface area contributed by atoms with E-state index in [0.717, 1.165) is 54.1 Å². The molecule has 4 heterocycles. The number of rotatable bonds is 6. The Bertz CT molecular complexity index is 1460. The third-order valence-electron chi connectivity index (χ3n) is 7.46. The Hall–Kier alpha value is -3.57. The molecule has 39 heavy (non-hydrogen) atoms. The van der Waals surface area contributed by atoms with Crippen LogP contribution in [0, 0.1) is 5.92 Å². The first-order valence-corrected chi connectivity index (χ1v) is 14.6. The smallest absolute Gasteiger partial charge is 0.305 e. The van der Waals surface area contributed by atoms with Gasteiger partial charge < -0.3 is 19.4 Å². The summed E-state index contributed by atoms with van der Waals surface area (Å²) in [6.45, 7) is 1.51. The summed E-state index contributed by atoms with van der Waals surface area (Å²) in [5.74, 6) is -0.605. The summed E-state index contributed by atoms with van der Waals surface area (Å²) in [4.78, 5) is 58.6. The maximum atomic E-state index is 13.8. The first kappa shape index (κ1) is 25.7. The molecule has 2 saturated heterocycles. The highest BCUT2D eigenvalue weighted by Gasteiger charge is 2.56. The molecule has 1 N–H and O–H groups in total. The van der Waals surface area contributed by atoms with Crippen LogP contribution in [-0.4, -0.2) is 59.7 Å². The van der Waals surface area contributed by atoms with Gasteiger partial charge in [-0.05, 0) is 61.2 Å². The van der Waals surface area contributed by atoms with Crippen molar-refractivity contribution in [2.45, 2.75) is 35.5 Å². The van der Waals surface area contributed by atoms with Gasteiger partial charge in [0.2, 0.25) is 11.8 Å². The molecule has 3 aliphatic rings. The maximum Gasteiger partial charge on any atom is 0.305 e. The molecule has 1 aromatic heterocycles. The van der Waals surface area contributed by atoms with E-state index in [9.17, 15) is 19.2 Å². The number of anilines is 1. The van der Waals surface area contributed by atoms with Gasteiger partial charge in [-0.25, -0.2) is 4.90 Å². The summed E-state index contributed by atoms with van der Waals surface area (Å²) < 4.78 is 11.0. The highest BCUT2D eigenvalue weighted by Crippen LogP contribution is 2.53. The Morgan fingerprint density at radius 1 is 0.949 bits per heavy atom. The fraction of sp³-hybridized carbons (Fsp3) is 0.357. The fourth-order valence-electron chi connectivity index (χ4n) is 5.51. The first-order valence-electron chi connectivity index (χ1n) is 12.9. The van der Waals surface area contributed by atoms with Crippen LogP contribution < -0.4 is 19.2 Å². The van der Waals surface area contributed by atoms with Gasteiger partial charge in [-0.2, -0.15) is 0 Å². The third kappa shape index (κ3) is 4.74. The van der Waals surface area contributed by atoms with Crippen molar-refractivity contribution in [2.75, 3.05) is 31.7 Å². The number of fused-ring (bicyclic) bond motifs is 2. The van der Waals surface area contributed by atoms with Gasteiger partial charge in [0.1, 0.15) is 16.7 Å². The molecule has 0 bridgehead atoms. The second-order valence-electron chi connectivity index (χ2n) is 9.76. The quantitative estimate of drug-likeness (QED) is 0.455. The van der Waals surface area contributed by atoms with E-state index in [1.807, 2.05) is 17.0 Å². The van der Waals surface area contributed by atoms with Crippen LogP contribution in [0.1, 0.15) is 35.6 Å². The van der Waals surface area contributed by atoms with Crippen molar-refractivity contribution >= 4 is 46.5 Å². The van der Waals surface area contributed by atoms with E-state index in [1.54, 1.807) is 43.5 Å². The molecule has 11 heteroatoms. The number of imide groups is 1. The Morgan fingerprint density at radius 3 is 2.33 bits per heavy atom. The van der Waals surface area contributed by atoms with Crippen LogP contribution in [0.5, 0.6) is 11.5 Å². The molecule has 3 amide bonds. The topological polar surface area (TPSA) is 109 Å². The molecule has 202 valence electrons. The average Bonchev–Trinajstić information content (AvgIpc) is 3.46. The van der Waals surface area contributed by atoms with Crippen LogP contribution >= 0.6 is 23.1 Å². The molecule has 0 aliphatic carbocycles. The van der Waals surface area contributed by atoms with Gasteiger partial charge in [0.25, 0.3) is 5.91 Å². The zero-order valence-corrected chi connectivity index (χ0v) is 22.9. The number of nitrogens with one attached hydrogen (secondary N) is 1. The minimum Gasteiger partial charge on any atom is -0.497 e. The summed E-state index contributed by atoms with van der Waals surface area (Å²) >= 11 is 2.31. The van der Waals surface area contributed by atoms with Gasteiger partial charge >= 0.3 is 4.87 Å². The molecule has 9 nitrogen and oxygen atoms in total. The molecular weight excluding hydrogens is 538 g/mol. The van der Waals surface area contributed by atoms with E-state index in [2.05, 4.69) is 4.98 Å². The highest BCUT2D eigenvalue weighted by molar-refractivity contribution is 8.00. The third-order valence-corrected chi connectivity index (χ3v) is 9.87. The lowest BCUT2D eigenvalue weighted by Gasteiger charge is -2.30. The zero-order chi connectivity index (χ0) is 27.1. The Morgan fingerprint density at radius 2 is 1.64 bits per heavy atom. The molecule has 3 aliphatic heterocycles. The molecule has 3 aromatic rings. The molecule has 3 atom stereocenters. The molecule has 0 radical (unpaired) electrons. The second-order valence-corrected chi connectivity index (χ2v) is 11.9. The molecular formula is C28H27N3O6S2. The van der Waals surface area contributed by atoms with E-state index in [1.165, 1.54) is 16.7 Å². The predicted octanol–water partition coefficient (Wildman–Crippen LogP) is 3.63. The lowest BCUT2D eigenvalue weighted by Crippen LogP contribution is -2.38. The second kappa shape index (κ2) is 10.5. The van der Waals surface area contributed by atoms with Crippen molar-refractivity contribution in [2.24, 2.45) is 5.92 Å². The molecule has 0 saturated carbocycles. The molecule has 2 aromatic carbocycles. The normalized spacial score (nSPS) is 22.4. The lowest BCUT2D eigenvalue weighted by molar-refractivity contribution is -0.134. The Balaban J connectivity index is 1.27. The van der Waals surface area contributed by atoms with Crippen molar-refractivity contribution in [1.29, 1.82) is 0 Å². The summed E-state index contributed by atoms with van der Waals surface area (Å²) in [5, 5.41) is -0.0399. The minimum atomic E-state index is -0.670. The van der Waals surface area contributed by atoms with Crippen LogP contribution in [0.15, 0.2) is 58.4 Å². The fourth-order valence-corrected chi connectivity index (χ4v) is 8.03. The van der Waals surface area contributed by atoms with Crippen LogP contribution in [-0.2, 0) is 14.4 Å². The predicted molar refractivity (Wildman–Crippen MR) is 148 cm³/mol. The van der Waals surface area contributed by atoms with Gasteiger partial charge in [-0.3, -0.25) is 19.2 Å². The minimum absolute atomic E-state index is 0.0265. The SMILES string of the molecule is COc1ccc(N2C(=O)C3Sc4[nH]c(=O)sc4C(c4ccc(OCC(=O)N5CCCCC5)cc4)C3C2=O)cc1. The zero-order valence-electron chi connectivity index (χ0n) is 21.3. The van der Waals surface area contributed by atoms with Crippen LogP contribution in [0.3, 0.4) is 0 Å². The number of thiazole rings is 1. The molecule has 6 rings (SSSR count). The molecule has 0 spiro atoms. The van der Waals surface area contributed by atoms with E-state index in [-0.39, 0.29) is 29.2 Å². The number of piperidine rings is 1. The van der Waals surface area contributed by atoms with E-state index < -0.39 is 17.1 Å². The number of nitrogens with zero attached hydrogens (tertiary/aromatic N) is 2. The summed E-state index contributed by atoms with van der Waals surface area (Å²) in [6, 6.07) is 14.1. The summed E-state index contributed by atoms with van der Waals surface area (Å²) in [7, 11) is 1.55. The van der Waals surface area contributed by atoms with Gasteiger partial charge in [-0.1, -0.05) is 35.2 Å². The van der Waals surface area contributed by atoms with Crippen molar-refractivity contribution in [3.63, 3.8) is 0 Å². The van der Waals surface area contributed by atoms with Crippen molar-refractivity contribution in [3.8, 4) is 11.5 Å². The number of likely N-dealkylation sites (tertiary alicyclic amines) is 1. The number of aromatic nitrogens is 1. The van der Waals surface area contributed by atoms with Gasteiger partial charge in [0.05, 0.1) is 23.7 Å². The lowest BCUT2D eigenvalue weighted by atomic mass is 9.83. The summed E-state index contributed by atoms with van der Waals surface area (Å²) in [6.07, 6.45) is 3.19. The van der Waals surface area contributed by atoms with E-state index in [0.29, 0.717) is 22.2 Å². The van der Waals surface area contributed by atoms with Crippen LogP contribution in [0.25, 0.3) is 0 Å². The highest BCUT2D eigenvalue weighted by atomic mass is 32.2. The maximum absolute atomic E-state index is 13.8. The standard InChI is InChI=1S/C28H27N3O6S2/c1-36-18-11-7-17(8-12-18)31-26(33)22-21(23-25(29-28(35)39-23)38-24(22)27(31)34)16-5-9-19(10-6-16)37-15-20(32)30-13-3-2-4-14-30/h5-12,21-22,24H,2-4,13-15H2,1H3,(H,29,35). The van der Waals surface area contributed by atoms with Crippen LogP contribution in [0.4, 0.5) is 5.69 Å². The number of benzene rings is 2. The van der Waals surface area contributed by atoms with Crippen LogP contribution in [0.2, 0.25) is 0 Å². The number of hydrogen-bond donors (Lipinski definition) is 1. The number of H-pyrrole nitrogens is 1. The Kier molecular flexibility index (Phi) is 6.94. The number of ether oxygens (including phenoxy) is 2. The Labute approximate surface area is 233 Å². The number of thioether (sulfide) groups is 1. The van der Waals surface area contributed by atoms with Gasteiger partial charge in [0, 0.05) is 23.9 Å². The molecule has 2 fully saturated rings. The van der Waals surface area contributed by atoms with Crippen molar-refractivity contribution < 1.29 is 23.9 Å². The monoisotopic (exact) mass is 565 g/mol. The number of methoxy groups -OCH3 is 1. The number of hydrogen-bond acceptors (Lipinski definition) is 8. The molecule has 3 unspecified atom stereocenters. The van der Waals surface area contributed by atoms with E-state index >= 15 is 0 Å². The number of carbonyl (C=O) groups is 3. The largest absolute Gasteiger partial charge is 0.497 e. The number of amides is 3. The van der Waals surface area contributed by atoms with Crippen molar-refractivity contribution in [1.82, 2.24) is 9.88 Å². The summed E-state index contributed by atoms with van der Waals surface area (Å²) in [5.41, 5.74) is 1.28. The van der Waals surface area contributed by atoms with Gasteiger partial charge in [-0.15, -0.1) is 0 Å². The number of carbonyl (C=O) groups excluding carboxylic acids is 3.